The summed E-state index contributed by atoms with van der Waals surface area (Å²) in [5.41, 5.74) is 3.62. The molecular weight excluding hydrogens is 325 g/mol. The Morgan fingerprint density at radius 3 is 2.57 bits per heavy atom. The smallest absolute Gasteiger partial charge is 0.223 e. The first-order valence-electron chi connectivity index (χ1n) is 6.68. The first kappa shape index (κ1) is 15.2. The lowest BCUT2D eigenvalue weighted by Gasteiger charge is -2.33. The van der Waals surface area contributed by atoms with Crippen LogP contribution >= 0.6 is 35.2 Å². The van der Waals surface area contributed by atoms with Gasteiger partial charge in [-0.1, -0.05) is 35.3 Å². The molecule has 2 nitrogen and oxygen atoms in total. The average molecular weight is 341 g/mol. The van der Waals surface area contributed by atoms with Crippen LogP contribution in [0.5, 0.6) is 0 Å². The Morgan fingerprint density at radius 1 is 1.19 bits per heavy atom. The second kappa shape index (κ2) is 6.19. The molecule has 0 bridgehead atoms. The molecule has 21 heavy (non-hydrogen) atoms. The van der Waals surface area contributed by atoms with E-state index in [0.717, 1.165) is 35.1 Å². The number of halogens is 2. The zero-order chi connectivity index (χ0) is 15.0. The average Bonchev–Trinajstić information content (AvgIpc) is 2.47. The van der Waals surface area contributed by atoms with Crippen molar-refractivity contribution in [1.82, 2.24) is 4.90 Å². The largest absolute Gasteiger partial charge is 0.367 e. The van der Waals surface area contributed by atoms with E-state index >= 15 is 0 Å². The minimum absolute atomic E-state index is 0.264. The third-order valence-corrected chi connectivity index (χ3v) is 4.96. The van der Waals surface area contributed by atoms with Gasteiger partial charge < -0.3 is 9.45 Å². The molecular formula is C16H16Cl2NOS+. The van der Waals surface area contributed by atoms with E-state index in [2.05, 4.69) is 24.1 Å². The van der Waals surface area contributed by atoms with E-state index in [1.54, 1.807) is 0 Å². The Labute approximate surface area is 138 Å². The summed E-state index contributed by atoms with van der Waals surface area (Å²) in [5, 5.41) is 1.43. The maximum Gasteiger partial charge on any atom is 0.223 e. The van der Waals surface area contributed by atoms with E-state index < -0.39 is 0 Å². The highest BCUT2D eigenvalue weighted by Crippen LogP contribution is 2.38. The number of nitrogens with zero attached hydrogens (tertiary/aromatic N) is 1. The van der Waals surface area contributed by atoms with Crippen molar-refractivity contribution in [3.63, 3.8) is 0 Å². The highest BCUT2D eigenvalue weighted by Gasteiger charge is 2.27. The summed E-state index contributed by atoms with van der Waals surface area (Å²) in [4.78, 5) is 3.23. The summed E-state index contributed by atoms with van der Waals surface area (Å²) < 4.78 is 7.34. The van der Waals surface area contributed by atoms with Crippen molar-refractivity contribution in [2.75, 3.05) is 13.6 Å². The molecule has 0 radical (unpaired) electrons. The van der Waals surface area contributed by atoms with E-state index in [9.17, 15) is 0 Å². The Morgan fingerprint density at radius 2 is 1.90 bits per heavy atom. The van der Waals surface area contributed by atoms with Crippen LogP contribution in [0.2, 0.25) is 10.0 Å². The first-order valence-corrected chi connectivity index (χ1v) is 8.25. The van der Waals surface area contributed by atoms with E-state index in [1.807, 2.05) is 24.3 Å². The van der Waals surface area contributed by atoms with Crippen LogP contribution in [0.25, 0.3) is 0 Å². The maximum absolute atomic E-state index is 7.34. The van der Waals surface area contributed by atoms with Crippen molar-refractivity contribution in [3.8, 4) is 0 Å². The van der Waals surface area contributed by atoms with E-state index in [1.165, 1.54) is 16.7 Å². The quantitative estimate of drug-likeness (QED) is 0.601. The SMILES string of the molecule is CN1Cc2c(Cl)cc(Cl)cc2[C@H](c2ccc(S[OH2+])cc2)C1. The molecule has 0 saturated heterocycles. The highest BCUT2D eigenvalue weighted by molar-refractivity contribution is 7.93. The Hall–Kier alpha value is -0.710. The molecule has 3 rings (SSSR count). The van der Waals surface area contributed by atoms with Gasteiger partial charge in [-0.25, -0.2) is 0 Å². The predicted octanol–water partition coefficient (Wildman–Crippen LogP) is 4.30. The summed E-state index contributed by atoms with van der Waals surface area (Å²) in [6.45, 7) is 1.79. The lowest BCUT2D eigenvalue weighted by molar-refractivity contribution is 0.295. The topological polar surface area (TPSA) is 26.1 Å². The molecule has 2 N–H and O–H groups in total. The Bertz CT molecular complexity index is 660. The third-order valence-electron chi connectivity index (χ3n) is 3.89. The zero-order valence-corrected chi connectivity index (χ0v) is 13.9. The molecule has 1 atom stereocenters. The van der Waals surface area contributed by atoms with Crippen LogP contribution in [0.4, 0.5) is 0 Å². The van der Waals surface area contributed by atoms with Crippen LogP contribution in [-0.4, -0.2) is 23.0 Å². The van der Waals surface area contributed by atoms with Gasteiger partial charge in [0.1, 0.15) is 0 Å². The van der Waals surface area contributed by atoms with E-state index in [0.29, 0.717) is 5.02 Å². The summed E-state index contributed by atoms with van der Waals surface area (Å²) in [6, 6.07) is 12.0. The van der Waals surface area contributed by atoms with Gasteiger partial charge in [0.05, 0.1) is 4.90 Å². The number of rotatable bonds is 2. The van der Waals surface area contributed by atoms with E-state index in [-0.39, 0.29) is 5.92 Å². The van der Waals surface area contributed by atoms with Crippen molar-refractivity contribution in [2.45, 2.75) is 17.4 Å². The number of hydrogen-bond acceptors (Lipinski definition) is 2. The molecule has 0 unspecified atom stereocenters. The van der Waals surface area contributed by atoms with Crippen LogP contribution in [-0.2, 0) is 6.54 Å². The molecule has 0 fully saturated rings. The van der Waals surface area contributed by atoms with Crippen molar-refractivity contribution in [3.05, 3.63) is 63.1 Å². The van der Waals surface area contributed by atoms with Gasteiger partial charge in [0, 0.05) is 29.1 Å². The number of benzene rings is 2. The fraction of sp³-hybridized carbons (Fsp3) is 0.250. The molecule has 0 aliphatic carbocycles. The van der Waals surface area contributed by atoms with Gasteiger partial charge in [-0.3, -0.25) is 0 Å². The van der Waals surface area contributed by atoms with Gasteiger partial charge in [0.15, 0.2) is 0 Å². The lowest BCUT2D eigenvalue weighted by atomic mass is 9.85. The standard InChI is InChI=1S/C16H15Cl2NOS/c1-19-8-14(10-2-4-12(21-20)5-3-10)13-6-11(17)7-16(18)15(13)9-19/h2-7,14,20H,8-9H2,1H3/p+1/t14-/m0/s1. The molecule has 2 aromatic carbocycles. The van der Waals surface area contributed by atoms with Crippen molar-refractivity contribution in [1.29, 1.82) is 0 Å². The Kier molecular flexibility index (Phi) is 4.48. The van der Waals surface area contributed by atoms with Gasteiger partial charge in [0.25, 0.3) is 0 Å². The fourth-order valence-corrected chi connectivity index (χ4v) is 3.74. The van der Waals surface area contributed by atoms with Gasteiger partial charge in [-0.2, -0.15) is 0 Å². The number of hydrogen-bond donors (Lipinski definition) is 0. The highest BCUT2D eigenvalue weighted by atomic mass is 35.5. The van der Waals surface area contributed by atoms with Crippen molar-refractivity contribution < 1.29 is 4.55 Å². The van der Waals surface area contributed by atoms with Crippen LogP contribution in [0.1, 0.15) is 22.6 Å². The maximum atomic E-state index is 7.34. The van der Waals surface area contributed by atoms with Crippen LogP contribution in [0.15, 0.2) is 41.3 Å². The van der Waals surface area contributed by atoms with Gasteiger partial charge in [-0.15, -0.1) is 0 Å². The summed E-state index contributed by atoms with van der Waals surface area (Å²) in [6.07, 6.45) is 0. The van der Waals surface area contributed by atoms with Gasteiger partial charge >= 0.3 is 0 Å². The molecule has 0 aromatic heterocycles. The van der Waals surface area contributed by atoms with E-state index in [4.69, 9.17) is 27.8 Å². The second-order valence-corrected chi connectivity index (χ2v) is 6.89. The first-order chi connectivity index (χ1) is 10.1. The predicted molar refractivity (Wildman–Crippen MR) is 90.6 cm³/mol. The summed E-state index contributed by atoms with van der Waals surface area (Å²) >= 11 is 13.6. The molecule has 110 valence electrons. The molecule has 0 spiro atoms. The second-order valence-electron chi connectivity index (χ2n) is 5.38. The normalized spacial score (nSPS) is 18.6. The van der Waals surface area contributed by atoms with Crippen molar-refractivity contribution in [2.24, 2.45) is 0 Å². The van der Waals surface area contributed by atoms with Crippen LogP contribution in [0, 0.1) is 0 Å². The molecule has 1 aliphatic heterocycles. The molecule has 2 aromatic rings. The van der Waals surface area contributed by atoms with Crippen LogP contribution < -0.4 is 0 Å². The number of fused-ring (bicyclic) bond motifs is 1. The number of likely N-dealkylation sites (N-methyl/N-ethyl adjacent to an activating group) is 1. The lowest BCUT2D eigenvalue weighted by Crippen LogP contribution is -2.31. The van der Waals surface area contributed by atoms with Crippen LogP contribution in [0.3, 0.4) is 0 Å². The third kappa shape index (κ3) is 3.08. The fourth-order valence-electron chi connectivity index (χ4n) is 2.90. The minimum Gasteiger partial charge on any atom is -0.367 e. The molecule has 5 heteroatoms. The molecule has 1 aliphatic rings. The molecule has 0 saturated carbocycles. The zero-order valence-electron chi connectivity index (χ0n) is 11.6. The van der Waals surface area contributed by atoms with Crippen molar-refractivity contribution >= 4 is 35.2 Å². The molecule has 1 heterocycles. The monoisotopic (exact) mass is 340 g/mol. The summed E-state index contributed by atoms with van der Waals surface area (Å²) in [5.74, 6) is 0.264. The summed E-state index contributed by atoms with van der Waals surface area (Å²) in [7, 11) is 2.11. The minimum atomic E-state index is 0.264. The Balaban J connectivity index is 2.07. The van der Waals surface area contributed by atoms with Gasteiger partial charge in [0.2, 0.25) is 12.0 Å². The van der Waals surface area contributed by atoms with Gasteiger partial charge in [-0.05, 0) is 48.0 Å². The molecule has 0 amide bonds.